The van der Waals surface area contributed by atoms with Crippen molar-refractivity contribution >= 4 is 35.2 Å². The van der Waals surface area contributed by atoms with Crippen molar-refractivity contribution in [3.63, 3.8) is 0 Å². The highest BCUT2D eigenvalue weighted by Gasteiger charge is 2.19. The molecular formula is C31H30Cl2N2O3. The average molecular weight is 549 g/mol. The van der Waals surface area contributed by atoms with Crippen LogP contribution < -0.4 is 4.74 Å². The molecule has 0 bridgehead atoms. The van der Waals surface area contributed by atoms with Gasteiger partial charge in [-0.15, -0.1) is 0 Å². The van der Waals surface area contributed by atoms with Crippen LogP contribution >= 0.6 is 23.2 Å². The zero-order valence-corrected chi connectivity index (χ0v) is 23.4. The van der Waals surface area contributed by atoms with Crippen LogP contribution in [0.5, 0.6) is 5.75 Å². The number of aromatic nitrogens is 2. The Balaban J connectivity index is 1.53. The molecule has 0 N–H and O–H groups in total. The molecule has 38 heavy (non-hydrogen) atoms. The monoisotopic (exact) mass is 548 g/mol. The van der Waals surface area contributed by atoms with Crippen LogP contribution in [0.15, 0.2) is 72.9 Å². The van der Waals surface area contributed by atoms with Gasteiger partial charge in [0.1, 0.15) is 18.0 Å². The first-order chi connectivity index (χ1) is 18.3. The molecule has 4 aromatic rings. The van der Waals surface area contributed by atoms with Crippen LogP contribution in [0.3, 0.4) is 0 Å². The lowest BCUT2D eigenvalue weighted by Gasteiger charge is -2.15. The number of ether oxygens (including phenoxy) is 2. The molecule has 196 valence electrons. The van der Waals surface area contributed by atoms with E-state index in [4.69, 9.17) is 32.7 Å². The highest BCUT2D eigenvalue weighted by Crippen LogP contribution is 2.33. The topological polar surface area (TPSA) is 53.4 Å². The average Bonchev–Trinajstić information content (AvgIpc) is 3.30. The Morgan fingerprint density at radius 1 is 1.05 bits per heavy atom. The summed E-state index contributed by atoms with van der Waals surface area (Å²) in [5.41, 5.74) is 6.83. The molecule has 0 unspecified atom stereocenters. The van der Waals surface area contributed by atoms with E-state index in [0.29, 0.717) is 28.9 Å². The smallest absolute Gasteiger partial charge is 0.330 e. The molecule has 0 atom stereocenters. The molecule has 1 heterocycles. The maximum Gasteiger partial charge on any atom is 0.330 e. The Morgan fingerprint density at radius 3 is 2.39 bits per heavy atom. The number of rotatable bonds is 9. The van der Waals surface area contributed by atoms with Gasteiger partial charge in [0.05, 0.1) is 28.5 Å². The Hall–Kier alpha value is -3.54. The first-order valence-corrected chi connectivity index (χ1v) is 13.2. The molecule has 0 radical (unpaired) electrons. The number of benzene rings is 3. The van der Waals surface area contributed by atoms with Gasteiger partial charge >= 0.3 is 5.97 Å². The minimum Gasteiger partial charge on any atom is -0.487 e. The largest absolute Gasteiger partial charge is 0.487 e. The molecule has 0 fully saturated rings. The fourth-order valence-electron chi connectivity index (χ4n) is 4.23. The molecule has 4 rings (SSSR count). The summed E-state index contributed by atoms with van der Waals surface area (Å²) < 4.78 is 13.0. The number of para-hydroxylation sites is 1. The van der Waals surface area contributed by atoms with Gasteiger partial charge in [0.2, 0.25) is 0 Å². The number of esters is 1. The molecule has 0 saturated carbocycles. The summed E-state index contributed by atoms with van der Waals surface area (Å²) in [6, 6.07) is 19.5. The summed E-state index contributed by atoms with van der Waals surface area (Å²) in [6.07, 6.45) is 5.03. The lowest BCUT2D eigenvalue weighted by atomic mass is 9.99. The number of hydrogen-bond acceptors (Lipinski definition) is 4. The lowest BCUT2D eigenvalue weighted by Crippen LogP contribution is -2.09. The van der Waals surface area contributed by atoms with E-state index in [1.54, 1.807) is 29.8 Å². The quantitative estimate of drug-likeness (QED) is 0.155. The molecule has 3 aromatic carbocycles. The van der Waals surface area contributed by atoms with Crippen molar-refractivity contribution in [2.75, 3.05) is 6.61 Å². The Bertz CT molecular complexity index is 1440. The first kappa shape index (κ1) is 27.5. The van der Waals surface area contributed by atoms with E-state index in [-0.39, 0.29) is 11.9 Å². The van der Waals surface area contributed by atoms with Crippen LogP contribution in [-0.4, -0.2) is 22.4 Å². The van der Waals surface area contributed by atoms with Gasteiger partial charge in [0, 0.05) is 6.08 Å². The summed E-state index contributed by atoms with van der Waals surface area (Å²) in [7, 11) is 0. The summed E-state index contributed by atoms with van der Waals surface area (Å²) in [5.74, 6) is 0.664. The maximum absolute atomic E-state index is 11.5. The van der Waals surface area contributed by atoms with Crippen LogP contribution in [0.25, 0.3) is 22.9 Å². The maximum atomic E-state index is 11.5. The SMILES string of the molecule is CCOC(=O)/C=C/c1ccc(-c2ccc(OCc3c(C(C)C)cnn3-c3c(Cl)cccc3Cl)cc2C)cc1. The molecule has 1 aromatic heterocycles. The second-order valence-electron chi connectivity index (χ2n) is 9.16. The molecule has 7 heteroatoms. The third-order valence-corrected chi connectivity index (χ3v) is 6.78. The number of nitrogens with zero attached hydrogens (tertiary/aromatic N) is 2. The normalized spacial score (nSPS) is 11.3. The molecule has 0 aliphatic carbocycles. The van der Waals surface area contributed by atoms with Crippen LogP contribution in [-0.2, 0) is 16.1 Å². The molecule has 0 aliphatic rings. The summed E-state index contributed by atoms with van der Waals surface area (Å²) in [6.45, 7) is 8.76. The fraction of sp³-hybridized carbons (Fsp3) is 0.226. The van der Waals surface area contributed by atoms with Gasteiger partial charge in [0.15, 0.2) is 0 Å². The van der Waals surface area contributed by atoms with E-state index in [9.17, 15) is 4.79 Å². The molecule has 0 saturated heterocycles. The van der Waals surface area contributed by atoms with Crippen molar-refractivity contribution in [2.24, 2.45) is 0 Å². The zero-order chi connectivity index (χ0) is 27.2. The number of aryl methyl sites for hydroxylation is 1. The third-order valence-electron chi connectivity index (χ3n) is 6.17. The summed E-state index contributed by atoms with van der Waals surface area (Å²) >= 11 is 13.0. The zero-order valence-electron chi connectivity index (χ0n) is 21.9. The highest BCUT2D eigenvalue weighted by molar-refractivity contribution is 6.37. The standard InChI is InChI=1S/C31H30Cl2N2O3/c1-5-37-30(36)16-11-22-9-12-23(13-10-22)25-15-14-24(17-21(25)4)38-19-29-26(20(2)3)18-34-35(29)31-27(32)7-6-8-28(31)33/h6-18,20H,5,19H2,1-4H3/b16-11+. The molecule has 0 spiro atoms. The van der Waals surface area contributed by atoms with Crippen molar-refractivity contribution < 1.29 is 14.3 Å². The van der Waals surface area contributed by atoms with Crippen LogP contribution in [0.1, 0.15) is 49.1 Å². The van der Waals surface area contributed by atoms with Gasteiger partial charge < -0.3 is 9.47 Å². The third kappa shape index (κ3) is 6.29. The molecular weight excluding hydrogens is 519 g/mol. The summed E-state index contributed by atoms with van der Waals surface area (Å²) in [4.78, 5) is 11.5. The van der Waals surface area contributed by atoms with E-state index in [0.717, 1.165) is 39.3 Å². The Kier molecular flexibility index (Phi) is 8.93. The predicted octanol–water partition coefficient (Wildman–Crippen LogP) is 8.43. The van der Waals surface area contributed by atoms with Crippen LogP contribution in [0, 0.1) is 6.92 Å². The number of halogens is 2. The number of hydrogen-bond donors (Lipinski definition) is 0. The minimum absolute atomic E-state index is 0.253. The van der Waals surface area contributed by atoms with Crippen molar-refractivity contribution in [1.82, 2.24) is 9.78 Å². The van der Waals surface area contributed by atoms with E-state index in [1.807, 2.05) is 48.7 Å². The van der Waals surface area contributed by atoms with E-state index >= 15 is 0 Å². The van der Waals surface area contributed by atoms with Crippen molar-refractivity contribution in [3.8, 4) is 22.6 Å². The van der Waals surface area contributed by atoms with Gasteiger partial charge in [-0.1, -0.05) is 73.4 Å². The Labute approximate surface area is 233 Å². The lowest BCUT2D eigenvalue weighted by molar-refractivity contribution is -0.137. The second-order valence-corrected chi connectivity index (χ2v) is 9.97. The van der Waals surface area contributed by atoms with Crippen molar-refractivity contribution in [1.29, 1.82) is 0 Å². The first-order valence-electron chi connectivity index (χ1n) is 12.5. The van der Waals surface area contributed by atoms with Gasteiger partial charge in [0.25, 0.3) is 0 Å². The molecule has 0 amide bonds. The highest BCUT2D eigenvalue weighted by atomic mass is 35.5. The van der Waals surface area contributed by atoms with E-state index in [2.05, 4.69) is 31.9 Å². The molecule has 5 nitrogen and oxygen atoms in total. The van der Waals surface area contributed by atoms with Gasteiger partial charge in [-0.2, -0.15) is 5.10 Å². The van der Waals surface area contributed by atoms with Crippen molar-refractivity contribution in [2.45, 2.75) is 40.2 Å². The number of carbonyl (C=O) groups is 1. The van der Waals surface area contributed by atoms with Crippen molar-refractivity contribution in [3.05, 3.63) is 105 Å². The molecule has 0 aliphatic heterocycles. The Morgan fingerprint density at radius 2 is 1.76 bits per heavy atom. The fourth-order valence-corrected chi connectivity index (χ4v) is 4.78. The van der Waals surface area contributed by atoms with Gasteiger partial charge in [-0.3, -0.25) is 0 Å². The van der Waals surface area contributed by atoms with E-state index < -0.39 is 0 Å². The van der Waals surface area contributed by atoms with Gasteiger partial charge in [-0.25, -0.2) is 9.48 Å². The minimum atomic E-state index is -0.346. The van der Waals surface area contributed by atoms with Gasteiger partial charge in [-0.05, 0) is 77.9 Å². The van der Waals surface area contributed by atoms with E-state index in [1.165, 1.54) is 6.08 Å². The van der Waals surface area contributed by atoms with Crippen LogP contribution in [0.2, 0.25) is 10.0 Å². The number of carbonyl (C=O) groups excluding carboxylic acids is 1. The summed E-state index contributed by atoms with van der Waals surface area (Å²) in [5, 5.41) is 5.64. The second kappa shape index (κ2) is 12.3. The predicted molar refractivity (Wildman–Crippen MR) is 154 cm³/mol. The van der Waals surface area contributed by atoms with Crippen LogP contribution in [0.4, 0.5) is 0 Å².